The van der Waals surface area contributed by atoms with Crippen molar-refractivity contribution in [2.45, 2.75) is 39.5 Å². The monoisotopic (exact) mass is 242 g/mol. The first kappa shape index (κ1) is 11.3. The SMILES string of the molecule is CC(C)c1nc2cc3nc(C(C)C)[nH]c3cc2[nH]1. The van der Waals surface area contributed by atoms with E-state index in [0.29, 0.717) is 11.8 Å². The molecular weight excluding hydrogens is 224 g/mol. The Morgan fingerprint density at radius 1 is 0.778 bits per heavy atom. The molecular formula is C14H18N4. The summed E-state index contributed by atoms with van der Waals surface area (Å²) < 4.78 is 0. The van der Waals surface area contributed by atoms with Crippen LogP contribution >= 0.6 is 0 Å². The standard InChI is InChI=1S/C14H18N4/c1-7(2)13-15-9-5-11-12(6-10(9)16-13)18-14(17-11)8(3)4/h5-8H,1-4H3,(H,15,16)(H,17,18). The third-order valence-corrected chi connectivity index (χ3v) is 3.22. The molecule has 0 unspecified atom stereocenters. The molecule has 0 saturated carbocycles. The van der Waals surface area contributed by atoms with E-state index in [1.165, 1.54) is 0 Å². The minimum Gasteiger partial charge on any atom is -0.342 e. The zero-order valence-corrected chi connectivity index (χ0v) is 11.2. The molecule has 0 aliphatic carbocycles. The maximum atomic E-state index is 4.61. The number of nitrogens with zero attached hydrogens (tertiary/aromatic N) is 2. The molecule has 2 N–H and O–H groups in total. The van der Waals surface area contributed by atoms with Gasteiger partial charge in [0, 0.05) is 11.8 Å². The molecule has 3 aromatic rings. The van der Waals surface area contributed by atoms with Crippen molar-refractivity contribution in [3.8, 4) is 0 Å². The zero-order valence-electron chi connectivity index (χ0n) is 11.2. The molecule has 2 aromatic heterocycles. The minimum atomic E-state index is 0.412. The fourth-order valence-corrected chi connectivity index (χ4v) is 2.10. The van der Waals surface area contributed by atoms with E-state index in [9.17, 15) is 0 Å². The Balaban J connectivity index is 2.21. The lowest BCUT2D eigenvalue weighted by atomic mass is 10.2. The van der Waals surface area contributed by atoms with Gasteiger partial charge in [0.05, 0.1) is 22.1 Å². The minimum absolute atomic E-state index is 0.412. The molecule has 0 aliphatic heterocycles. The number of H-pyrrole nitrogens is 2. The highest BCUT2D eigenvalue weighted by Gasteiger charge is 2.11. The van der Waals surface area contributed by atoms with Crippen LogP contribution in [0.4, 0.5) is 0 Å². The first-order valence-electron chi connectivity index (χ1n) is 6.44. The largest absolute Gasteiger partial charge is 0.342 e. The number of hydrogen-bond donors (Lipinski definition) is 2. The summed E-state index contributed by atoms with van der Waals surface area (Å²) in [7, 11) is 0. The van der Waals surface area contributed by atoms with E-state index in [2.05, 4.69) is 59.8 Å². The van der Waals surface area contributed by atoms with Crippen LogP contribution in [0, 0.1) is 0 Å². The third kappa shape index (κ3) is 1.68. The van der Waals surface area contributed by atoms with Crippen LogP contribution in [0.2, 0.25) is 0 Å². The lowest BCUT2D eigenvalue weighted by Gasteiger charge is -1.96. The normalized spacial score (nSPS) is 12.3. The van der Waals surface area contributed by atoms with Gasteiger partial charge in [0.25, 0.3) is 0 Å². The van der Waals surface area contributed by atoms with Crippen LogP contribution in [0.3, 0.4) is 0 Å². The number of rotatable bonds is 2. The molecule has 0 fully saturated rings. The summed E-state index contributed by atoms with van der Waals surface area (Å²) in [6, 6.07) is 4.15. The van der Waals surface area contributed by atoms with Crippen molar-refractivity contribution < 1.29 is 0 Å². The average molecular weight is 242 g/mol. The quantitative estimate of drug-likeness (QED) is 0.720. The van der Waals surface area contributed by atoms with Crippen molar-refractivity contribution in [1.82, 2.24) is 19.9 Å². The van der Waals surface area contributed by atoms with Crippen LogP contribution in [-0.2, 0) is 0 Å². The lowest BCUT2D eigenvalue weighted by Crippen LogP contribution is -1.89. The highest BCUT2D eigenvalue weighted by molar-refractivity contribution is 5.91. The maximum Gasteiger partial charge on any atom is 0.109 e. The van der Waals surface area contributed by atoms with Gasteiger partial charge in [-0.3, -0.25) is 0 Å². The molecule has 3 rings (SSSR count). The van der Waals surface area contributed by atoms with Crippen molar-refractivity contribution in [2.75, 3.05) is 0 Å². The first-order valence-corrected chi connectivity index (χ1v) is 6.44. The average Bonchev–Trinajstić information content (AvgIpc) is 2.87. The van der Waals surface area contributed by atoms with Crippen LogP contribution in [0.15, 0.2) is 12.1 Å². The maximum absolute atomic E-state index is 4.61. The predicted molar refractivity (Wildman–Crippen MR) is 73.9 cm³/mol. The van der Waals surface area contributed by atoms with Gasteiger partial charge in [0.2, 0.25) is 0 Å². The van der Waals surface area contributed by atoms with E-state index in [1.807, 2.05) is 0 Å². The van der Waals surface area contributed by atoms with E-state index >= 15 is 0 Å². The fraction of sp³-hybridized carbons (Fsp3) is 0.429. The fourth-order valence-electron chi connectivity index (χ4n) is 2.10. The number of benzene rings is 1. The third-order valence-electron chi connectivity index (χ3n) is 3.22. The molecule has 4 nitrogen and oxygen atoms in total. The predicted octanol–water partition coefficient (Wildman–Crippen LogP) is 3.69. The summed E-state index contributed by atoms with van der Waals surface area (Å²) in [6.45, 7) is 8.55. The smallest absolute Gasteiger partial charge is 0.109 e. The van der Waals surface area contributed by atoms with Crippen LogP contribution < -0.4 is 0 Å². The van der Waals surface area contributed by atoms with E-state index in [0.717, 1.165) is 33.7 Å². The molecule has 0 radical (unpaired) electrons. The Morgan fingerprint density at radius 2 is 1.22 bits per heavy atom. The summed E-state index contributed by atoms with van der Waals surface area (Å²) in [5.74, 6) is 2.88. The van der Waals surface area contributed by atoms with Crippen LogP contribution in [-0.4, -0.2) is 19.9 Å². The van der Waals surface area contributed by atoms with Crippen molar-refractivity contribution >= 4 is 22.1 Å². The van der Waals surface area contributed by atoms with Crippen molar-refractivity contribution in [1.29, 1.82) is 0 Å². The molecule has 0 atom stereocenters. The van der Waals surface area contributed by atoms with Gasteiger partial charge in [0.1, 0.15) is 11.6 Å². The summed E-state index contributed by atoms with van der Waals surface area (Å²) >= 11 is 0. The Hall–Kier alpha value is -1.84. The summed E-state index contributed by atoms with van der Waals surface area (Å²) in [5, 5.41) is 0. The Morgan fingerprint density at radius 3 is 1.61 bits per heavy atom. The number of imidazole rings is 2. The molecule has 0 spiro atoms. The van der Waals surface area contributed by atoms with Gasteiger partial charge in [0.15, 0.2) is 0 Å². The Kier molecular flexibility index (Phi) is 2.40. The molecule has 94 valence electrons. The molecule has 0 saturated heterocycles. The van der Waals surface area contributed by atoms with Gasteiger partial charge in [-0.15, -0.1) is 0 Å². The van der Waals surface area contributed by atoms with Gasteiger partial charge in [-0.05, 0) is 12.1 Å². The van der Waals surface area contributed by atoms with Crippen LogP contribution in [0.25, 0.3) is 22.1 Å². The van der Waals surface area contributed by atoms with E-state index in [4.69, 9.17) is 0 Å². The highest BCUT2D eigenvalue weighted by atomic mass is 15.0. The molecule has 2 heterocycles. The lowest BCUT2D eigenvalue weighted by molar-refractivity contribution is 0.798. The van der Waals surface area contributed by atoms with Gasteiger partial charge < -0.3 is 9.97 Å². The molecule has 0 aliphatic rings. The van der Waals surface area contributed by atoms with Crippen molar-refractivity contribution in [3.63, 3.8) is 0 Å². The van der Waals surface area contributed by atoms with E-state index in [-0.39, 0.29) is 0 Å². The molecule has 0 amide bonds. The first-order chi connectivity index (χ1) is 8.54. The summed E-state index contributed by atoms with van der Waals surface area (Å²) in [5.41, 5.74) is 4.14. The second-order valence-electron chi connectivity index (χ2n) is 5.44. The molecule has 0 bridgehead atoms. The number of aromatic nitrogens is 4. The number of nitrogens with one attached hydrogen (secondary N) is 2. The van der Waals surface area contributed by atoms with E-state index in [1.54, 1.807) is 0 Å². The Bertz CT molecular complexity index is 594. The van der Waals surface area contributed by atoms with Crippen LogP contribution in [0.5, 0.6) is 0 Å². The van der Waals surface area contributed by atoms with Gasteiger partial charge in [-0.1, -0.05) is 27.7 Å². The molecule has 1 aromatic carbocycles. The second kappa shape index (κ2) is 3.83. The number of aromatic amines is 2. The van der Waals surface area contributed by atoms with Crippen molar-refractivity contribution in [3.05, 3.63) is 23.8 Å². The molecule has 18 heavy (non-hydrogen) atoms. The van der Waals surface area contributed by atoms with Crippen molar-refractivity contribution in [2.24, 2.45) is 0 Å². The topological polar surface area (TPSA) is 57.4 Å². The summed E-state index contributed by atoms with van der Waals surface area (Å²) in [6.07, 6.45) is 0. The van der Waals surface area contributed by atoms with Gasteiger partial charge in [-0.2, -0.15) is 0 Å². The second-order valence-corrected chi connectivity index (χ2v) is 5.44. The van der Waals surface area contributed by atoms with Gasteiger partial charge in [-0.25, -0.2) is 9.97 Å². The Labute approximate surface area is 106 Å². The molecule has 4 heteroatoms. The van der Waals surface area contributed by atoms with Crippen LogP contribution in [0.1, 0.15) is 51.2 Å². The van der Waals surface area contributed by atoms with Gasteiger partial charge >= 0.3 is 0 Å². The highest BCUT2D eigenvalue weighted by Crippen LogP contribution is 2.23. The number of hydrogen-bond acceptors (Lipinski definition) is 2. The zero-order chi connectivity index (χ0) is 12.9. The summed E-state index contributed by atoms with van der Waals surface area (Å²) in [4.78, 5) is 15.9. The van der Waals surface area contributed by atoms with E-state index < -0.39 is 0 Å². The number of fused-ring (bicyclic) bond motifs is 2.